The Labute approximate surface area is 99.1 Å². The molecule has 0 heterocycles. The van der Waals surface area contributed by atoms with Gasteiger partial charge in [0.1, 0.15) is 6.61 Å². The van der Waals surface area contributed by atoms with E-state index in [1.807, 2.05) is 11.9 Å². The van der Waals surface area contributed by atoms with Gasteiger partial charge in [-0.15, -0.1) is 0 Å². The van der Waals surface area contributed by atoms with E-state index in [1.54, 1.807) is 0 Å². The topological polar surface area (TPSA) is 29.5 Å². The number of carbonyl (C=O) groups excluding carboxylic acids is 1. The molecule has 1 saturated carbocycles. The summed E-state index contributed by atoms with van der Waals surface area (Å²) in [7, 11) is 1.92. The Hall–Kier alpha value is -0.570. The van der Waals surface area contributed by atoms with E-state index in [4.69, 9.17) is 4.74 Å². The zero-order valence-corrected chi connectivity index (χ0v) is 10.7. The Balaban J connectivity index is 2.18. The molecule has 0 bridgehead atoms. The summed E-state index contributed by atoms with van der Waals surface area (Å²) in [4.78, 5) is 13.7. The molecule has 1 aliphatic carbocycles. The third kappa shape index (κ3) is 4.52. The summed E-state index contributed by atoms with van der Waals surface area (Å²) in [5, 5.41) is 0. The summed E-state index contributed by atoms with van der Waals surface area (Å²) in [6, 6.07) is 0.455. The molecule has 1 aliphatic rings. The van der Waals surface area contributed by atoms with Crippen molar-refractivity contribution in [3.63, 3.8) is 0 Å². The summed E-state index contributed by atoms with van der Waals surface area (Å²) in [5.74, 6) is 0.142. The van der Waals surface area contributed by atoms with E-state index in [-0.39, 0.29) is 12.5 Å². The quantitative estimate of drug-likeness (QED) is 0.653. The van der Waals surface area contributed by atoms with Gasteiger partial charge >= 0.3 is 0 Å². The Bertz CT molecular complexity index is 200. The van der Waals surface area contributed by atoms with Crippen molar-refractivity contribution in [2.24, 2.45) is 0 Å². The van der Waals surface area contributed by atoms with Crippen molar-refractivity contribution >= 4 is 5.91 Å². The zero-order valence-electron chi connectivity index (χ0n) is 10.7. The summed E-state index contributed by atoms with van der Waals surface area (Å²) in [6.07, 6.45) is 8.34. The first-order chi connectivity index (χ1) is 7.75. The van der Waals surface area contributed by atoms with Crippen LogP contribution in [0.15, 0.2) is 0 Å². The molecular weight excluding hydrogens is 202 g/mol. The minimum atomic E-state index is 0.142. The van der Waals surface area contributed by atoms with Crippen molar-refractivity contribution in [3.8, 4) is 0 Å². The summed E-state index contributed by atoms with van der Waals surface area (Å²) >= 11 is 0. The minimum Gasteiger partial charge on any atom is -0.372 e. The fourth-order valence-electron chi connectivity index (χ4n) is 2.18. The Kier molecular flexibility index (Phi) is 6.46. The molecule has 0 atom stereocenters. The Morgan fingerprint density at radius 2 is 2.00 bits per heavy atom. The third-order valence-electron chi connectivity index (χ3n) is 3.38. The van der Waals surface area contributed by atoms with Crippen LogP contribution >= 0.6 is 0 Å². The number of carbonyl (C=O) groups is 1. The van der Waals surface area contributed by atoms with E-state index in [0.29, 0.717) is 12.6 Å². The average molecular weight is 227 g/mol. The zero-order chi connectivity index (χ0) is 11.8. The van der Waals surface area contributed by atoms with Crippen LogP contribution in [0.3, 0.4) is 0 Å². The van der Waals surface area contributed by atoms with Crippen LogP contribution in [0.2, 0.25) is 0 Å². The monoisotopic (exact) mass is 227 g/mol. The fraction of sp³-hybridized carbons (Fsp3) is 0.923. The molecule has 1 rings (SSSR count). The predicted octanol–water partition coefficient (Wildman–Crippen LogP) is 2.59. The van der Waals surface area contributed by atoms with Crippen LogP contribution in [0.25, 0.3) is 0 Å². The smallest absolute Gasteiger partial charge is 0.248 e. The van der Waals surface area contributed by atoms with Gasteiger partial charge in [0.05, 0.1) is 0 Å². The van der Waals surface area contributed by atoms with Gasteiger partial charge in [0.2, 0.25) is 5.91 Å². The molecule has 0 aromatic heterocycles. The number of rotatable bonds is 6. The van der Waals surface area contributed by atoms with Gasteiger partial charge in [0.25, 0.3) is 0 Å². The second-order valence-electron chi connectivity index (χ2n) is 4.70. The van der Waals surface area contributed by atoms with Crippen molar-refractivity contribution in [2.75, 3.05) is 20.3 Å². The first kappa shape index (κ1) is 13.5. The van der Waals surface area contributed by atoms with E-state index in [0.717, 1.165) is 25.7 Å². The van der Waals surface area contributed by atoms with E-state index in [2.05, 4.69) is 6.92 Å². The molecule has 1 fully saturated rings. The summed E-state index contributed by atoms with van der Waals surface area (Å²) in [6.45, 7) is 3.09. The SMILES string of the molecule is CCCCOCC(=O)N(C)C1CCCCC1. The van der Waals surface area contributed by atoms with Gasteiger partial charge in [-0.2, -0.15) is 0 Å². The number of hydrogen-bond acceptors (Lipinski definition) is 2. The number of likely N-dealkylation sites (N-methyl/N-ethyl adjacent to an activating group) is 1. The van der Waals surface area contributed by atoms with Crippen molar-refractivity contribution in [1.82, 2.24) is 4.90 Å². The predicted molar refractivity (Wildman–Crippen MR) is 65.4 cm³/mol. The maximum Gasteiger partial charge on any atom is 0.248 e. The fourth-order valence-corrected chi connectivity index (χ4v) is 2.18. The molecule has 3 heteroatoms. The summed E-state index contributed by atoms with van der Waals surface area (Å²) < 4.78 is 5.36. The van der Waals surface area contributed by atoms with E-state index in [1.165, 1.54) is 19.3 Å². The molecule has 94 valence electrons. The van der Waals surface area contributed by atoms with Crippen LogP contribution in [0.4, 0.5) is 0 Å². The summed E-state index contributed by atoms with van der Waals surface area (Å²) in [5.41, 5.74) is 0. The van der Waals surface area contributed by atoms with Crippen molar-refractivity contribution in [3.05, 3.63) is 0 Å². The molecule has 0 unspecified atom stereocenters. The second kappa shape index (κ2) is 7.66. The molecule has 3 nitrogen and oxygen atoms in total. The van der Waals surface area contributed by atoms with Crippen molar-refractivity contribution < 1.29 is 9.53 Å². The first-order valence-electron chi connectivity index (χ1n) is 6.59. The standard InChI is InChI=1S/C13H25NO2/c1-3-4-10-16-11-13(15)14(2)12-8-6-5-7-9-12/h12H,3-11H2,1-2H3. The van der Waals surface area contributed by atoms with E-state index < -0.39 is 0 Å². The lowest BCUT2D eigenvalue weighted by Crippen LogP contribution is -2.40. The van der Waals surface area contributed by atoms with Crippen molar-refractivity contribution in [2.45, 2.75) is 57.9 Å². The van der Waals surface area contributed by atoms with Gasteiger partial charge in [0.15, 0.2) is 0 Å². The largest absolute Gasteiger partial charge is 0.372 e. The van der Waals surface area contributed by atoms with E-state index >= 15 is 0 Å². The maximum absolute atomic E-state index is 11.8. The molecular formula is C13H25NO2. The lowest BCUT2D eigenvalue weighted by molar-refractivity contribution is -0.137. The van der Waals surface area contributed by atoms with Gasteiger partial charge < -0.3 is 9.64 Å². The van der Waals surface area contributed by atoms with Gasteiger partial charge in [-0.25, -0.2) is 0 Å². The average Bonchev–Trinajstić information content (AvgIpc) is 2.34. The van der Waals surface area contributed by atoms with Crippen LogP contribution in [-0.4, -0.2) is 37.1 Å². The molecule has 1 amide bonds. The number of hydrogen-bond donors (Lipinski definition) is 0. The van der Waals surface area contributed by atoms with Crippen LogP contribution in [0.1, 0.15) is 51.9 Å². The van der Waals surface area contributed by atoms with E-state index in [9.17, 15) is 4.79 Å². The number of amides is 1. The molecule has 0 radical (unpaired) electrons. The Morgan fingerprint density at radius 3 is 2.62 bits per heavy atom. The minimum absolute atomic E-state index is 0.142. The number of ether oxygens (including phenoxy) is 1. The number of nitrogens with zero attached hydrogens (tertiary/aromatic N) is 1. The molecule has 0 spiro atoms. The van der Waals surface area contributed by atoms with Gasteiger partial charge in [-0.1, -0.05) is 32.6 Å². The molecule has 0 aliphatic heterocycles. The van der Waals surface area contributed by atoms with Crippen molar-refractivity contribution in [1.29, 1.82) is 0 Å². The van der Waals surface area contributed by atoms with Gasteiger partial charge in [-0.3, -0.25) is 4.79 Å². The molecule has 16 heavy (non-hydrogen) atoms. The second-order valence-corrected chi connectivity index (χ2v) is 4.70. The maximum atomic E-state index is 11.8. The normalized spacial score (nSPS) is 17.4. The van der Waals surface area contributed by atoms with Crippen LogP contribution < -0.4 is 0 Å². The molecule has 0 N–H and O–H groups in total. The van der Waals surface area contributed by atoms with Crippen LogP contribution in [0.5, 0.6) is 0 Å². The molecule has 0 saturated heterocycles. The lowest BCUT2D eigenvalue weighted by atomic mass is 9.94. The highest BCUT2D eigenvalue weighted by Gasteiger charge is 2.21. The van der Waals surface area contributed by atoms with Gasteiger partial charge in [0, 0.05) is 19.7 Å². The molecule has 0 aromatic rings. The van der Waals surface area contributed by atoms with Crippen LogP contribution in [0, 0.1) is 0 Å². The highest BCUT2D eigenvalue weighted by Crippen LogP contribution is 2.21. The lowest BCUT2D eigenvalue weighted by Gasteiger charge is -2.31. The molecule has 0 aromatic carbocycles. The Morgan fingerprint density at radius 1 is 1.31 bits per heavy atom. The van der Waals surface area contributed by atoms with Gasteiger partial charge in [-0.05, 0) is 19.3 Å². The highest BCUT2D eigenvalue weighted by molar-refractivity contribution is 5.77. The third-order valence-corrected chi connectivity index (χ3v) is 3.38. The highest BCUT2D eigenvalue weighted by atomic mass is 16.5. The number of unbranched alkanes of at least 4 members (excludes halogenated alkanes) is 1. The van der Waals surface area contributed by atoms with Crippen LogP contribution in [-0.2, 0) is 9.53 Å². The first-order valence-corrected chi connectivity index (χ1v) is 6.59.